The summed E-state index contributed by atoms with van der Waals surface area (Å²) in [6, 6.07) is 5.99. The molecule has 0 saturated heterocycles. The Bertz CT molecular complexity index is 865. The molecule has 136 valence electrons. The van der Waals surface area contributed by atoms with Gasteiger partial charge in [-0.15, -0.1) is 0 Å². The minimum Gasteiger partial charge on any atom is -0.343 e. The Kier molecular flexibility index (Phi) is 4.71. The second-order valence-electron chi connectivity index (χ2n) is 6.56. The van der Waals surface area contributed by atoms with E-state index in [1.54, 1.807) is 0 Å². The third-order valence-corrected chi connectivity index (χ3v) is 4.82. The maximum atomic E-state index is 5.03. The standard InChI is InChI=1S/C19H25N7/c1-3-9-26-17-12-20-13-25(4-2)19(17)23-18(26)15-11-22-24-16(15)10-14-7-5-6-8-21-14/h5-8,11,20H,3-4,9-10,12-13H2,1-2H3,(H,22,24). The quantitative estimate of drug-likeness (QED) is 0.714. The Hall–Kier alpha value is -2.67. The topological polar surface area (TPSA) is 74.7 Å². The molecule has 0 amide bonds. The molecule has 1 aliphatic heterocycles. The minimum atomic E-state index is 0.718. The van der Waals surface area contributed by atoms with E-state index in [1.165, 1.54) is 5.69 Å². The highest BCUT2D eigenvalue weighted by Crippen LogP contribution is 2.31. The summed E-state index contributed by atoms with van der Waals surface area (Å²) in [5.41, 5.74) is 4.40. The number of hydrogen-bond acceptors (Lipinski definition) is 5. The number of H-pyrrole nitrogens is 1. The lowest BCUT2D eigenvalue weighted by molar-refractivity contribution is 0.568. The molecule has 0 radical (unpaired) electrons. The molecule has 0 aromatic carbocycles. The number of hydrogen-bond donors (Lipinski definition) is 2. The summed E-state index contributed by atoms with van der Waals surface area (Å²) < 4.78 is 2.34. The Balaban J connectivity index is 1.77. The van der Waals surface area contributed by atoms with Crippen molar-refractivity contribution < 1.29 is 0 Å². The van der Waals surface area contributed by atoms with Gasteiger partial charge < -0.3 is 9.47 Å². The van der Waals surface area contributed by atoms with Crippen molar-refractivity contribution in [2.75, 3.05) is 18.1 Å². The van der Waals surface area contributed by atoms with E-state index in [9.17, 15) is 0 Å². The maximum Gasteiger partial charge on any atom is 0.153 e. The number of anilines is 1. The first-order valence-electron chi connectivity index (χ1n) is 9.29. The number of nitrogens with one attached hydrogen (secondary N) is 2. The molecule has 0 fully saturated rings. The Morgan fingerprint density at radius 1 is 1.23 bits per heavy atom. The SMILES string of the molecule is CCCn1c(-c2cn[nH]c2Cc2ccccn2)nc2c1CNCN2CC. The normalized spacial score (nSPS) is 13.8. The van der Waals surface area contributed by atoms with Crippen molar-refractivity contribution >= 4 is 5.82 Å². The lowest BCUT2D eigenvalue weighted by atomic mass is 10.1. The van der Waals surface area contributed by atoms with Gasteiger partial charge in [0.1, 0.15) is 5.82 Å². The lowest BCUT2D eigenvalue weighted by Crippen LogP contribution is -2.39. The van der Waals surface area contributed by atoms with E-state index >= 15 is 0 Å². The number of nitrogens with zero attached hydrogens (tertiary/aromatic N) is 5. The fourth-order valence-electron chi connectivity index (χ4n) is 3.54. The molecule has 7 heteroatoms. The number of aromatic nitrogens is 5. The number of imidazole rings is 1. The molecular weight excluding hydrogens is 326 g/mol. The molecule has 7 nitrogen and oxygen atoms in total. The van der Waals surface area contributed by atoms with Crippen molar-refractivity contribution in [2.45, 2.75) is 39.8 Å². The van der Waals surface area contributed by atoms with Gasteiger partial charge in [0.15, 0.2) is 5.82 Å². The predicted octanol–water partition coefficient (Wildman–Crippen LogP) is 2.56. The van der Waals surface area contributed by atoms with Crippen molar-refractivity contribution in [3.05, 3.63) is 47.7 Å². The number of aromatic amines is 1. The summed E-state index contributed by atoms with van der Waals surface area (Å²) in [4.78, 5) is 11.8. The average Bonchev–Trinajstić information content (AvgIpc) is 3.27. The van der Waals surface area contributed by atoms with Crippen LogP contribution in [0.3, 0.4) is 0 Å². The molecule has 0 unspecified atom stereocenters. The van der Waals surface area contributed by atoms with Crippen LogP contribution in [-0.4, -0.2) is 37.9 Å². The van der Waals surface area contributed by atoms with Gasteiger partial charge in [0, 0.05) is 37.9 Å². The molecule has 1 aliphatic rings. The molecule has 26 heavy (non-hydrogen) atoms. The van der Waals surface area contributed by atoms with Gasteiger partial charge in [0.25, 0.3) is 0 Å². The van der Waals surface area contributed by atoms with Gasteiger partial charge in [-0.05, 0) is 25.5 Å². The van der Waals surface area contributed by atoms with E-state index in [1.807, 2.05) is 30.6 Å². The summed E-state index contributed by atoms with van der Waals surface area (Å²) in [5, 5.41) is 10.9. The van der Waals surface area contributed by atoms with Gasteiger partial charge in [-0.3, -0.25) is 15.4 Å². The van der Waals surface area contributed by atoms with Crippen LogP contribution >= 0.6 is 0 Å². The summed E-state index contributed by atoms with van der Waals surface area (Å²) >= 11 is 0. The van der Waals surface area contributed by atoms with Crippen LogP contribution in [0, 0.1) is 0 Å². The molecule has 0 bridgehead atoms. The zero-order valence-electron chi connectivity index (χ0n) is 15.4. The molecule has 3 aromatic rings. The molecule has 0 saturated carbocycles. The van der Waals surface area contributed by atoms with Crippen molar-refractivity contribution in [2.24, 2.45) is 0 Å². The van der Waals surface area contributed by atoms with E-state index in [4.69, 9.17) is 4.98 Å². The summed E-state index contributed by atoms with van der Waals surface area (Å²) in [6.07, 6.45) is 5.50. The fourth-order valence-corrected chi connectivity index (χ4v) is 3.54. The van der Waals surface area contributed by atoms with Crippen LogP contribution in [0.4, 0.5) is 5.82 Å². The van der Waals surface area contributed by atoms with E-state index in [2.05, 4.69) is 43.8 Å². The third kappa shape index (κ3) is 2.99. The smallest absolute Gasteiger partial charge is 0.153 e. The highest BCUT2D eigenvalue weighted by Gasteiger charge is 2.26. The molecule has 0 aliphatic carbocycles. The van der Waals surface area contributed by atoms with E-state index in [0.29, 0.717) is 0 Å². The van der Waals surface area contributed by atoms with Crippen molar-refractivity contribution in [1.82, 2.24) is 30.0 Å². The van der Waals surface area contributed by atoms with Crippen molar-refractivity contribution in [3.63, 3.8) is 0 Å². The molecule has 0 atom stereocenters. The Labute approximate surface area is 153 Å². The Morgan fingerprint density at radius 3 is 2.92 bits per heavy atom. The second-order valence-corrected chi connectivity index (χ2v) is 6.56. The van der Waals surface area contributed by atoms with Crippen LogP contribution in [-0.2, 0) is 19.5 Å². The zero-order valence-corrected chi connectivity index (χ0v) is 15.4. The lowest BCUT2D eigenvalue weighted by Gasteiger charge is -2.27. The summed E-state index contributed by atoms with van der Waals surface area (Å²) in [5.74, 6) is 2.10. The second kappa shape index (κ2) is 7.29. The average molecular weight is 351 g/mol. The van der Waals surface area contributed by atoms with Crippen LogP contribution in [0.2, 0.25) is 0 Å². The fraction of sp³-hybridized carbons (Fsp3) is 0.421. The van der Waals surface area contributed by atoms with Crippen LogP contribution in [0.5, 0.6) is 0 Å². The zero-order chi connectivity index (χ0) is 17.9. The van der Waals surface area contributed by atoms with Gasteiger partial charge in [0.2, 0.25) is 0 Å². The molecule has 4 rings (SSSR count). The largest absolute Gasteiger partial charge is 0.343 e. The van der Waals surface area contributed by atoms with Crippen LogP contribution in [0.25, 0.3) is 11.4 Å². The first kappa shape index (κ1) is 16.8. The predicted molar refractivity (Wildman–Crippen MR) is 102 cm³/mol. The summed E-state index contributed by atoms with van der Waals surface area (Å²) in [6.45, 7) is 7.96. The van der Waals surface area contributed by atoms with Crippen LogP contribution in [0.1, 0.15) is 37.4 Å². The number of pyridine rings is 1. The van der Waals surface area contributed by atoms with Crippen molar-refractivity contribution in [3.8, 4) is 11.4 Å². The first-order chi connectivity index (χ1) is 12.8. The monoisotopic (exact) mass is 351 g/mol. The van der Waals surface area contributed by atoms with Gasteiger partial charge in [0.05, 0.1) is 29.8 Å². The number of fused-ring (bicyclic) bond motifs is 1. The number of rotatable bonds is 6. The van der Waals surface area contributed by atoms with E-state index in [0.717, 1.165) is 67.7 Å². The molecule has 0 spiro atoms. The molecular formula is C19H25N7. The summed E-state index contributed by atoms with van der Waals surface area (Å²) in [7, 11) is 0. The van der Waals surface area contributed by atoms with Crippen LogP contribution < -0.4 is 10.2 Å². The molecule has 2 N–H and O–H groups in total. The Morgan fingerprint density at radius 2 is 2.15 bits per heavy atom. The van der Waals surface area contributed by atoms with Crippen LogP contribution in [0.15, 0.2) is 30.6 Å². The van der Waals surface area contributed by atoms with Crippen molar-refractivity contribution in [1.29, 1.82) is 0 Å². The van der Waals surface area contributed by atoms with Gasteiger partial charge in [-0.25, -0.2) is 4.98 Å². The highest BCUT2D eigenvalue weighted by molar-refractivity contribution is 5.64. The first-order valence-corrected chi connectivity index (χ1v) is 9.29. The van der Waals surface area contributed by atoms with Gasteiger partial charge in [-0.2, -0.15) is 5.10 Å². The van der Waals surface area contributed by atoms with E-state index in [-0.39, 0.29) is 0 Å². The third-order valence-electron chi connectivity index (χ3n) is 4.82. The van der Waals surface area contributed by atoms with Gasteiger partial charge in [-0.1, -0.05) is 13.0 Å². The van der Waals surface area contributed by atoms with Gasteiger partial charge >= 0.3 is 0 Å². The molecule has 4 heterocycles. The maximum absolute atomic E-state index is 5.03. The minimum absolute atomic E-state index is 0.718. The highest BCUT2D eigenvalue weighted by atomic mass is 15.3. The molecule has 3 aromatic heterocycles. The van der Waals surface area contributed by atoms with E-state index < -0.39 is 0 Å².